The normalized spacial score (nSPS) is 13.6. The van der Waals surface area contributed by atoms with Gasteiger partial charge in [-0.05, 0) is 35.7 Å². The lowest BCUT2D eigenvalue weighted by molar-refractivity contribution is -0.115. The molecule has 0 radical (unpaired) electrons. The summed E-state index contributed by atoms with van der Waals surface area (Å²) in [6.07, 6.45) is 0. The SMILES string of the molecule is Nc1c(N=Nc2cc(NC(=O)C(Br)CBr)ccc2S(=O)(=O)O)c(S(=O)(=O)O)cc2cc(S(=O)(=O)O)cc(O)c12. The molecule has 0 saturated carbocycles. The van der Waals surface area contributed by atoms with Crippen LogP contribution in [0.2, 0.25) is 0 Å². The van der Waals surface area contributed by atoms with Crippen LogP contribution >= 0.6 is 31.9 Å². The lowest BCUT2D eigenvalue weighted by atomic mass is 10.1. The van der Waals surface area contributed by atoms with E-state index in [0.717, 1.165) is 24.3 Å². The standard InChI is InChI=1S/C19H16Br2N4O11S3/c20-7-11(21)19(27)23-9-1-2-14(38(31,32)33)12(5-9)24-25-18-15(39(34,35)36)4-8-3-10(37(28,29)30)6-13(26)16(8)17(18)22/h1-6,11,26H,7,22H2,(H,23,27)(H,28,29,30)(H,31,32,33)(H,34,35,36). The summed E-state index contributed by atoms with van der Waals surface area (Å²) in [5, 5.41) is 19.6. The van der Waals surface area contributed by atoms with Crippen LogP contribution in [-0.2, 0) is 35.1 Å². The molecule has 0 bridgehead atoms. The number of rotatable bonds is 8. The fourth-order valence-corrected chi connectivity index (χ4v) is 5.44. The predicted molar refractivity (Wildman–Crippen MR) is 145 cm³/mol. The molecule has 1 atom stereocenters. The van der Waals surface area contributed by atoms with Crippen LogP contribution in [0.4, 0.5) is 22.7 Å². The molecule has 20 heteroatoms. The molecule has 0 fully saturated rings. The van der Waals surface area contributed by atoms with Gasteiger partial charge < -0.3 is 16.2 Å². The molecule has 0 aliphatic rings. The van der Waals surface area contributed by atoms with Gasteiger partial charge in [-0.25, -0.2) is 0 Å². The van der Waals surface area contributed by atoms with Gasteiger partial charge in [0.25, 0.3) is 30.4 Å². The van der Waals surface area contributed by atoms with Gasteiger partial charge in [-0.1, -0.05) is 31.9 Å². The number of phenols is 1. The smallest absolute Gasteiger partial charge is 0.296 e. The highest BCUT2D eigenvalue weighted by atomic mass is 79.9. The van der Waals surface area contributed by atoms with Crippen molar-refractivity contribution in [3.05, 3.63) is 36.4 Å². The largest absolute Gasteiger partial charge is 0.507 e. The van der Waals surface area contributed by atoms with Crippen molar-refractivity contribution in [2.24, 2.45) is 10.2 Å². The van der Waals surface area contributed by atoms with E-state index in [4.69, 9.17) is 5.73 Å². The number of nitrogens with two attached hydrogens (primary N) is 1. The molecule has 3 aromatic rings. The van der Waals surface area contributed by atoms with Crippen LogP contribution in [0.3, 0.4) is 0 Å². The third-order valence-corrected chi connectivity index (χ3v) is 9.78. The number of amides is 1. The number of anilines is 2. The summed E-state index contributed by atoms with van der Waals surface area (Å²) in [5.74, 6) is -1.36. The Labute approximate surface area is 237 Å². The van der Waals surface area contributed by atoms with Crippen LogP contribution in [0.15, 0.2) is 61.3 Å². The van der Waals surface area contributed by atoms with Gasteiger partial charge in [0.1, 0.15) is 31.7 Å². The number of nitrogens with zero attached hydrogens (tertiary/aromatic N) is 2. The molecule has 0 aliphatic carbocycles. The molecule has 7 N–H and O–H groups in total. The summed E-state index contributed by atoms with van der Waals surface area (Å²) in [5.41, 5.74) is 3.95. The Bertz CT molecular complexity index is 1860. The van der Waals surface area contributed by atoms with Gasteiger partial charge in [0.05, 0.1) is 10.6 Å². The Morgan fingerprint density at radius 1 is 0.923 bits per heavy atom. The fraction of sp³-hybridized carbons (Fsp3) is 0.105. The molecule has 3 rings (SSSR count). The number of hydrogen-bond acceptors (Lipinski definition) is 11. The third kappa shape index (κ3) is 6.90. The maximum absolute atomic E-state index is 12.2. The Kier molecular flexibility index (Phi) is 8.72. The summed E-state index contributed by atoms with van der Waals surface area (Å²) < 4.78 is 99.5. The third-order valence-electron chi connectivity index (χ3n) is 4.92. The van der Waals surface area contributed by atoms with Crippen molar-refractivity contribution >= 4 is 102 Å². The highest BCUT2D eigenvalue weighted by Gasteiger charge is 2.25. The minimum atomic E-state index is -5.15. The van der Waals surface area contributed by atoms with E-state index < -0.39 is 78.6 Å². The van der Waals surface area contributed by atoms with Crippen LogP contribution in [0, 0.1) is 0 Å². The highest BCUT2D eigenvalue weighted by Crippen LogP contribution is 2.43. The lowest BCUT2D eigenvalue weighted by Gasteiger charge is -2.12. The molecule has 3 aromatic carbocycles. The topological polar surface area (TPSA) is 263 Å². The van der Waals surface area contributed by atoms with E-state index in [2.05, 4.69) is 47.4 Å². The van der Waals surface area contributed by atoms with E-state index in [9.17, 15) is 48.8 Å². The summed E-state index contributed by atoms with van der Waals surface area (Å²) in [6, 6.07) is 5.07. The Balaban J connectivity index is 2.29. The van der Waals surface area contributed by atoms with Crippen LogP contribution in [-0.4, -0.2) is 60.1 Å². The van der Waals surface area contributed by atoms with Crippen LogP contribution < -0.4 is 11.1 Å². The molecule has 39 heavy (non-hydrogen) atoms. The number of carbonyl (C=O) groups is 1. The van der Waals surface area contributed by atoms with Crippen molar-refractivity contribution in [1.82, 2.24) is 0 Å². The highest BCUT2D eigenvalue weighted by molar-refractivity contribution is 9.12. The molecule has 1 amide bonds. The van der Waals surface area contributed by atoms with Gasteiger partial charge in [0, 0.05) is 22.5 Å². The molecule has 0 saturated heterocycles. The minimum absolute atomic E-state index is 0.00335. The summed E-state index contributed by atoms with van der Waals surface area (Å²) in [4.78, 5) is 8.85. The molecule has 15 nitrogen and oxygen atoms in total. The van der Waals surface area contributed by atoms with Gasteiger partial charge in [-0.2, -0.15) is 25.3 Å². The van der Waals surface area contributed by atoms with Gasteiger partial charge in [0.15, 0.2) is 0 Å². The first-order chi connectivity index (χ1) is 17.8. The number of carbonyl (C=O) groups excluding carboxylic acids is 1. The van der Waals surface area contributed by atoms with Crippen molar-refractivity contribution in [2.75, 3.05) is 16.4 Å². The van der Waals surface area contributed by atoms with Crippen LogP contribution in [0.5, 0.6) is 5.75 Å². The van der Waals surface area contributed by atoms with E-state index in [-0.39, 0.29) is 21.8 Å². The van der Waals surface area contributed by atoms with Gasteiger partial charge >= 0.3 is 0 Å². The zero-order chi connectivity index (χ0) is 29.5. The number of nitrogen functional groups attached to an aromatic ring is 1. The first-order valence-electron chi connectivity index (χ1n) is 9.93. The van der Waals surface area contributed by atoms with E-state index in [0.29, 0.717) is 12.1 Å². The number of azo groups is 1. The van der Waals surface area contributed by atoms with Gasteiger partial charge in [0.2, 0.25) is 5.91 Å². The number of aromatic hydroxyl groups is 1. The first kappa shape index (κ1) is 30.8. The molecular weight excluding hydrogens is 716 g/mol. The van der Waals surface area contributed by atoms with Crippen molar-refractivity contribution < 1.29 is 48.8 Å². The quantitative estimate of drug-likeness (QED) is 0.0843. The molecule has 0 aromatic heterocycles. The summed E-state index contributed by atoms with van der Waals surface area (Å²) >= 11 is 6.20. The second-order valence-electron chi connectivity index (χ2n) is 7.60. The zero-order valence-corrected chi connectivity index (χ0v) is 24.5. The molecule has 1 unspecified atom stereocenters. The number of halogens is 2. The molecular formula is C19H16Br2N4O11S3. The van der Waals surface area contributed by atoms with Crippen LogP contribution in [0.25, 0.3) is 10.8 Å². The maximum atomic E-state index is 12.2. The van der Waals surface area contributed by atoms with Crippen molar-refractivity contribution in [2.45, 2.75) is 19.5 Å². The van der Waals surface area contributed by atoms with Gasteiger partial charge in [-0.15, -0.1) is 10.2 Å². The number of nitrogens with one attached hydrogen (secondary N) is 1. The van der Waals surface area contributed by atoms with E-state index >= 15 is 0 Å². The number of alkyl halides is 2. The summed E-state index contributed by atoms with van der Waals surface area (Å²) in [6.45, 7) is 0. The van der Waals surface area contributed by atoms with Crippen LogP contribution in [0.1, 0.15) is 0 Å². The Morgan fingerprint density at radius 3 is 2.08 bits per heavy atom. The average molecular weight is 732 g/mol. The monoisotopic (exact) mass is 730 g/mol. The number of fused-ring (bicyclic) bond motifs is 1. The maximum Gasteiger partial charge on any atom is 0.296 e. The predicted octanol–water partition coefficient (Wildman–Crippen LogP) is 3.38. The van der Waals surface area contributed by atoms with Crippen molar-refractivity contribution in [3.63, 3.8) is 0 Å². The minimum Gasteiger partial charge on any atom is -0.507 e. The molecule has 210 valence electrons. The van der Waals surface area contributed by atoms with E-state index in [1.807, 2.05) is 0 Å². The molecule has 0 aliphatic heterocycles. The van der Waals surface area contributed by atoms with Crippen molar-refractivity contribution in [3.8, 4) is 5.75 Å². The van der Waals surface area contributed by atoms with Crippen molar-refractivity contribution in [1.29, 1.82) is 0 Å². The number of phenolic OH excluding ortho intramolecular Hbond substituents is 1. The number of hydrogen-bond donors (Lipinski definition) is 6. The second-order valence-corrected chi connectivity index (χ2v) is 13.6. The number of benzene rings is 3. The lowest BCUT2D eigenvalue weighted by Crippen LogP contribution is -2.23. The van der Waals surface area contributed by atoms with Gasteiger partial charge in [-0.3, -0.25) is 18.5 Å². The van der Waals surface area contributed by atoms with E-state index in [1.54, 1.807) is 0 Å². The Morgan fingerprint density at radius 2 is 1.54 bits per heavy atom. The zero-order valence-electron chi connectivity index (χ0n) is 18.8. The first-order valence-corrected chi connectivity index (χ1v) is 16.3. The molecule has 0 heterocycles. The molecule has 0 spiro atoms. The average Bonchev–Trinajstić information content (AvgIpc) is 2.80. The summed E-state index contributed by atoms with van der Waals surface area (Å²) in [7, 11) is -14.9. The van der Waals surface area contributed by atoms with E-state index in [1.165, 1.54) is 0 Å². The Hall–Kier alpha value is -2.72. The fourth-order valence-electron chi connectivity index (χ4n) is 3.22. The second kappa shape index (κ2) is 11.0.